The Hall–Kier alpha value is -2.97. The lowest BCUT2D eigenvalue weighted by molar-refractivity contribution is 0.0983. The van der Waals surface area contributed by atoms with Crippen molar-refractivity contribution in [2.24, 2.45) is 0 Å². The number of aromatic nitrogens is 4. The summed E-state index contributed by atoms with van der Waals surface area (Å²) in [6.07, 6.45) is 4.54. The van der Waals surface area contributed by atoms with Crippen LogP contribution in [0.1, 0.15) is 32.0 Å². The molecule has 2 aliphatic heterocycles. The van der Waals surface area contributed by atoms with E-state index >= 15 is 0 Å². The van der Waals surface area contributed by atoms with Crippen molar-refractivity contribution in [1.29, 1.82) is 0 Å². The zero-order valence-corrected chi connectivity index (χ0v) is 19.0. The molecule has 168 valence electrons. The van der Waals surface area contributed by atoms with Crippen LogP contribution in [0.15, 0.2) is 36.7 Å². The van der Waals surface area contributed by atoms with Gasteiger partial charge in [0.2, 0.25) is 5.95 Å². The molecule has 0 radical (unpaired) electrons. The fourth-order valence-corrected chi connectivity index (χ4v) is 4.58. The van der Waals surface area contributed by atoms with Gasteiger partial charge in [-0.05, 0) is 51.5 Å². The van der Waals surface area contributed by atoms with Crippen LogP contribution in [0.3, 0.4) is 0 Å². The summed E-state index contributed by atoms with van der Waals surface area (Å²) in [4.78, 5) is 19.2. The Labute approximate surface area is 189 Å². The Balaban J connectivity index is 1.55. The zero-order valence-electron chi connectivity index (χ0n) is 19.0. The van der Waals surface area contributed by atoms with Crippen molar-refractivity contribution in [3.63, 3.8) is 0 Å². The summed E-state index contributed by atoms with van der Waals surface area (Å²) in [5, 5.41) is 0. The number of fused-ring (bicyclic) bond motifs is 1. The number of rotatable bonds is 4. The molecular formula is C24H31N7O. The van der Waals surface area contributed by atoms with E-state index in [1.165, 1.54) is 5.56 Å². The number of nitrogen functional groups attached to an aromatic ring is 1. The SMILES string of the molecule is CC(C)N1CCc2c(nc(-c3ccc(-n4ccnc4N)cc3)nc2N2CCOCC2C)C1. The number of hydrogen-bond donors (Lipinski definition) is 1. The van der Waals surface area contributed by atoms with Gasteiger partial charge in [0.1, 0.15) is 5.82 Å². The van der Waals surface area contributed by atoms with Gasteiger partial charge in [0.15, 0.2) is 5.82 Å². The summed E-state index contributed by atoms with van der Waals surface area (Å²) in [7, 11) is 0. The van der Waals surface area contributed by atoms with E-state index in [0.717, 1.165) is 67.9 Å². The third-order valence-corrected chi connectivity index (χ3v) is 6.52. The van der Waals surface area contributed by atoms with Gasteiger partial charge in [-0.2, -0.15) is 0 Å². The Morgan fingerprint density at radius 2 is 1.94 bits per heavy atom. The van der Waals surface area contributed by atoms with Crippen LogP contribution in [0.5, 0.6) is 0 Å². The summed E-state index contributed by atoms with van der Waals surface area (Å²) in [6, 6.07) is 8.98. The minimum atomic E-state index is 0.297. The maximum Gasteiger partial charge on any atom is 0.204 e. The van der Waals surface area contributed by atoms with Gasteiger partial charge in [-0.3, -0.25) is 9.47 Å². The molecule has 1 unspecified atom stereocenters. The first-order valence-electron chi connectivity index (χ1n) is 11.4. The molecule has 1 fully saturated rings. The summed E-state index contributed by atoms with van der Waals surface area (Å²) in [5.41, 5.74) is 10.4. The van der Waals surface area contributed by atoms with Crippen molar-refractivity contribution in [3.05, 3.63) is 47.9 Å². The van der Waals surface area contributed by atoms with E-state index in [4.69, 9.17) is 20.4 Å². The number of hydrogen-bond acceptors (Lipinski definition) is 7. The van der Waals surface area contributed by atoms with Crippen molar-refractivity contribution >= 4 is 11.8 Å². The number of nitrogens with zero attached hydrogens (tertiary/aromatic N) is 6. The predicted molar refractivity (Wildman–Crippen MR) is 126 cm³/mol. The van der Waals surface area contributed by atoms with Gasteiger partial charge < -0.3 is 15.4 Å². The lowest BCUT2D eigenvalue weighted by atomic mass is 10.0. The molecule has 8 heteroatoms. The number of ether oxygens (including phenoxy) is 1. The number of benzene rings is 1. The monoisotopic (exact) mass is 433 g/mol. The van der Waals surface area contributed by atoms with Gasteiger partial charge in [0.05, 0.1) is 24.9 Å². The molecule has 2 aromatic heterocycles. The standard InChI is InChI=1S/C24H31N7O/c1-16(2)29-10-8-20-21(14-29)27-22(28-23(20)30-12-13-32-15-17(30)3)18-4-6-19(7-5-18)31-11-9-26-24(31)25/h4-7,9,11,16-17H,8,10,12-15H2,1-3H3,(H2,25,26). The van der Waals surface area contributed by atoms with Crippen LogP contribution in [-0.4, -0.2) is 62.8 Å². The van der Waals surface area contributed by atoms with Crippen molar-refractivity contribution in [2.45, 2.75) is 45.8 Å². The number of imidazole rings is 1. The zero-order chi connectivity index (χ0) is 22.2. The summed E-state index contributed by atoms with van der Waals surface area (Å²) in [5.74, 6) is 2.32. The fourth-order valence-electron chi connectivity index (χ4n) is 4.58. The highest BCUT2D eigenvalue weighted by Gasteiger charge is 2.29. The molecule has 0 bridgehead atoms. The average molecular weight is 434 g/mol. The fraction of sp³-hybridized carbons (Fsp3) is 0.458. The second kappa shape index (κ2) is 8.52. The first-order valence-corrected chi connectivity index (χ1v) is 11.4. The van der Waals surface area contributed by atoms with Crippen molar-refractivity contribution in [3.8, 4) is 17.1 Å². The molecule has 0 spiro atoms. The van der Waals surface area contributed by atoms with Crippen LogP contribution < -0.4 is 10.6 Å². The topological polar surface area (TPSA) is 85.3 Å². The molecule has 5 rings (SSSR count). The number of anilines is 2. The number of morpholine rings is 1. The van der Waals surface area contributed by atoms with E-state index in [1.54, 1.807) is 6.20 Å². The first kappa shape index (κ1) is 20.9. The second-order valence-corrected chi connectivity index (χ2v) is 8.93. The summed E-state index contributed by atoms with van der Waals surface area (Å²) < 4.78 is 7.55. The lowest BCUT2D eigenvalue weighted by Crippen LogP contribution is -2.45. The highest BCUT2D eigenvalue weighted by Crippen LogP contribution is 2.32. The minimum absolute atomic E-state index is 0.297. The van der Waals surface area contributed by atoms with Gasteiger partial charge in [-0.25, -0.2) is 15.0 Å². The van der Waals surface area contributed by atoms with Gasteiger partial charge in [-0.15, -0.1) is 0 Å². The quantitative estimate of drug-likeness (QED) is 0.677. The second-order valence-electron chi connectivity index (χ2n) is 8.93. The Bertz CT molecular complexity index is 1090. The molecular weight excluding hydrogens is 402 g/mol. The van der Waals surface area contributed by atoms with Crippen molar-refractivity contribution in [1.82, 2.24) is 24.4 Å². The molecule has 2 N–H and O–H groups in total. The summed E-state index contributed by atoms with van der Waals surface area (Å²) in [6.45, 7) is 10.9. The number of nitrogens with two attached hydrogens (primary N) is 1. The molecule has 0 saturated carbocycles. The van der Waals surface area contributed by atoms with Crippen LogP contribution in [0.4, 0.5) is 11.8 Å². The van der Waals surface area contributed by atoms with E-state index in [-0.39, 0.29) is 0 Å². The average Bonchev–Trinajstić information content (AvgIpc) is 3.24. The smallest absolute Gasteiger partial charge is 0.204 e. The van der Waals surface area contributed by atoms with Crippen LogP contribution >= 0.6 is 0 Å². The molecule has 1 saturated heterocycles. The van der Waals surface area contributed by atoms with E-state index in [1.807, 2.05) is 22.9 Å². The van der Waals surface area contributed by atoms with E-state index < -0.39 is 0 Å². The van der Waals surface area contributed by atoms with Crippen molar-refractivity contribution < 1.29 is 4.74 Å². The molecule has 0 amide bonds. The van der Waals surface area contributed by atoms with Crippen molar-refractivity contribution in [2.75, 3.05) is 36.9 Å². The third-order valence-electron chi connectivity index (χ3n) is 6.52. The third kappa shape index (κ3) is 3.84. The largest absolute Gasteiger partial charge is 0.377 e. The highest BCUT2D eigenvalue weighted by atomic mass is 16.5. The van der Waals surface area contributed by atoms with Gasteiger partial charge in [-0.1, -0.05) is 0 Å². The van der Waals surface area contributed by atoms with Gasteiger partial charge in [0.25, 0.3) is 0 Å². The summed E-state index contributed by atoms with van der Waals surface area (Å²) >= 11 is 0. The molecule has 1 aromatic carbocycles. The molecule has 8 nitrogen and oxygen atoms in total. The normalized spacial score (nSPS) is 19.4. The maximum atomic E-state index is 5.96. The Kier molecular flexibility index (Phi) is 5.57. The highest BCUT2D eigenvalue weighted by molar-refractivity contribution is 5.63. The maximum absolute atomic E-state index is 5.96. The minimum Gasteiger partial charge on any atom is -0.377 e. The Morgan fingerprint density at radius 3 is 2.62 bits per heavy atom. The molecule has 32 heavy (non-hydrogen) atoms. The van der Waals surface area contributed by atoms with E-state index in [9.17, 15) is 0 Å². The lowest BCUT2D eigenvalue weighted by Gasteiger charge is -2.38. The van der Waals surface area contributed by atoms with E-state index in [0.29, 0.717) is 18.0 Å². The van der Waals surface area contributed by atoms with Gasteiger partial charge >= 0.3 is 0 Å². The van der Waals surface area contributed by atoms with Crippen LogP contribution in [-0.2, 0) is 17.7 Å². The molecule has 2 aliphatic rings. The molecule has 1 atom stereocenters. The predicted octanol–water partition coefficient (Wildman–Crippen LogP) is 2.90. The van der Waals surface area contributed by atoms with E-state index in [2.05, 4.69) is 47.7 Å². The molecule has 0 aliphatic carbocycles. The van der Waals surface area contributed by atoms with Crippen LogP contribution in [0.25, 0.3) is 17.1 Å². The Morgan fingerprint density at radius 1 is 1.12 bits per heavy atom. The van der Waals surface area contributed by atoms with Gasteiger partial charge in [0, 0.05) is 54.9 Å². The molecule has 3 aromatic rings. The first-order chi connectivity index (χ1) is 15.5. The van der Waals surface area contributed by atoms with Crippen LogP contribution in [0.2, 0.25) is 0 Å². The van der Waals surface area contributed by atoms with Crippen LogP contribution in [0, 0.1) is 0 Å². The molecule has 4 heterocycles.